The molecular weight excluding hydrogens is 172 g/mol. The van der Waals surface area contributed by atoms with E-state index in [9.17, 15) is 0 Å². The molecule has 0 amide bonds. The molecule has 6 nitrogen and oxygen atoms in total. The molecule has 0 radical (unpaired) electrons. The van der Waals surface area contributed by atoms with E-state index in [0.29, 0.717) is 12.6 Å². The highest BCUT2D eigenvalue weighted by Crippen LogP contribution is 2.09. The van der Waals surface area contributed by atoms with Crippen LogP contribution in [0.15, 0.2) is 4.42 Å². The minimum Gasteiger partial charge on any atom is -0.390 e. The van der Waals surface area contributed by atoms with Crippen LogP contribution in [0.5, 0.6) is 0 Å². The fourth-order valence-corrected chi connectivity index (χ4v) is 0.930. The first-order valence-corrected chi connectivity index (χ1v) is 4.10. The largest absolute Gasteiger partial charge is 0.390 e. The van der Waals surface area contributed by atoms with Gasteiger partial charge in [-0.3, -0.25) is 0 Å². The Morgan fingerprint density at radius 1 is 1.62 bits per heavy atom. The lowest BCUT2D eigenvalue weighted by atomic mass is 10.2. The van der Waals surface area contributed by atoms with Crippen molar-refractivity contribution >= 4 is 12.0 Å². The predicted octanol–water partition coefficient (Wildman–Crippen LogP) is 0.489. The zero-order valence-electron chi connectivity index (χ0n) is 7.78. The van der Waals surface area contributed by atoms with Crippen LogP contribution in [-0.2, 0) is 4.74 Å². The van der Waals surface area contributed by atoms with Crippen LogP contribution in [0.3, 0.4) is 0 Å². The standard InChI is InChI=1S/C7H14N4O2/c1-3-5(4-12-2)9-7-11-10-6(8)13-7/h5H,3-4H2,1-2H3,(H2,8,10)(H,9,11). The third kappa shape index (κ3) is 2.90. The summed E-state index contributed by atoms with van der Waals surface area (Å²) in [4.78, 5) is 0. The molecule has 3 N–H and O–H groups in total. The minimum atomic E-state index is 0.0646. The van der Waals surface area contributed by atoms with Gasteiger partial charge in [-0.25, -0.2) is 0 Å². The number of anilines is 2. The maximum absolute atomic E-state index is 5.26. The summed E-state index contributed by atoms with van der Waals surface area (Å²) >= 11 is 0. The molecule has 6 heteroatoms. The number of rotatable bonds is 5. The Morgan fingerprint density at radius 2 is 2.38 bits per heavy atom. The van der Waals surface area contributed by atoms with Crippen molar-refractivity contribution in [1.29, 1.82) is 0 Å². The van der Waals surface area contributed by atoms with E-state index in [4.69, 9.17) is 14.9 Å². The van der Waals surface area contributed by atoms with E-state index in [-0.39, 0.29) is 12.1 Å². The number of nitrogens with two attached hydrogens (primary N) is 1. The lowest BCUT2D eigenvalue weighted by molar-refractivity contribution is 0.183. The van der Waals surface area contributed by atoms with Gasteiger partial charge in [-0.2, -0.15) is 0 Å². The van der Waals surface area contributed by atoms with Crippen molar-refractivity contribution in [1.82, 2.24) is 10.2 Å². The third-order valence-electron chi connectivity index (χ3n) is 1.63. The number of hydrogen-bond donors (Lipinski definition) is 2. The minimum absolute atomic E-state index is 0.0646. The first-order chi connectivity index (χ1) is 6.26. The van der Waals surface area contributed by atoms with Crippen LogP contribution in [-0.4, -0.2) is 30.0 Å². The summed E-state index contributed by atoms with van der Waals surface area (Å²) in [5, 5.41) is 10.2. The zero-order chi connectivity index (χ0) is 9.68. The van der Waals surface area contributed by atoms with Crippen molar-refractivity contribution in [2.45, 2.75) is 19.4 Å². The second kappa shape index (κ2) is 4.66. The molecule has 0 saturated heterocycles. The smallest absolute Gasteiger partial charge is 0.317 e. The van der Waals surface area contributed by atoms with Crippen molar-refractivity contribution in [3.05, 3.63) is 0 Å². The number of nitrogens with zero attached hydrogens (tertiary/aromatic N) is 2. The van der Waals surface area contributed by atoms with Crippen LogP contribution in [0.25, 0.3) is 0 Å². The highest BCUT2D eigenvalue weighted by atomic mass is 16.5. The molecular formula is C7H14N4O2. The number of nitrogen functional groups attached to an aromatic ring is 1. The van der Waals surface area contributed by atoms with E-state index in [2.05, 4.69) is 15.5 Å². The van der Waals surface area contributed by atoms with Gasteiger partial charge in [0.2, 0.25) is 0 Å². The molecule has 1 aromatic heterocycles. The average Bonchev–Trinajstić information content (AvgIpc) is 2.50. The fourth-order valence-electron chi connectivity index (χ4n) is 0.930. The molecule has 0 aliphatic carbocycles. The van der Waals surface area contributed by atoms with Crippen LogP contribution >= 0.6 is 0 Å². The number of hydrogen-bond acceptors (Lipinski definition) is 6. The van der Waals surface area contributed by atoms with Crippen molar-refractivity contribution in [2.75, 3.05) is 24.8 Å². The fraction of sp³-hybridized carbons (Fsp3) is 0.714. The van der Waals surface area contributed by atoms with Gasteiger partial charge in [0.25, 0.3) is 0 Å². The van der Waals surface area contributed by atoms with E-state index < -0.39 is 0 Å². The highest BCUT2D eigenvalue weighted by molar-refractivity contribution is 5.23. The zero-order valence-corrected chi connectivity index (χ0v) is 7.78. The molecule has 0 fully saturated rings. The van der Waals surface area contributed by atoms with E-state index in [1.807, 2.05) is 6.92 Å². The monoisotopic (exact) mass is 186 g/mol. The van der Waals surface area contributed by atoms with E-state index in [1.165, 1.54) is 0 Å². The molecule has 0 spiro atoms. The highest BCUT2D eigenvalue weighted by Gasteiger charge is 2.09. The van der Waals surface area contributed by atoms with Gasteiger partial charge in [-0.1, -0.05) is 17.1 Å². The molecule has 1 rings (SSSR count). The molecule has 0 aliphatic heterocycles. The molecule has 1 aromatic rings. The van der Waals surface area contributed by atoms with Gasteiger partial charge in [-0.05, 0) is 6.42 Å². The average molecular weight is 186 g/mol. The SMILES string of the molecule is CCC(COC)Nc1nnc(N)o1. The quantitative estimate of drug-likeness (QED) is 0.696. The summed E-state index contributed by atoms with van der Waals surface area (Å²) in [5.41, 5.74) is 5.26. The van der Waals surface area contributed by atoms with Crippen molar-refractivity contribution < 1.29 is 9.15 Å². The first kappa shape index (κ1) is 9.79. The van der Waals surface area contributed by atoms with Gasteiger partial charge in [0.15, 0.2) is 0 Å². The van der Waals surface area contributed by atoms with Gasteiger partial charge in [0.05, 0.1) is 12.6 Å². The number of ether oxygens (including phenoxy) is 1. The molecule has 1 heterocycles. The topological polar surface area (TPSA) is 86.2 Å². The van der Waals surface area contributed by atoms with Crippen LogP contribution < -0.4 is 11.1 Å². The summed E-state index contributed by atoms with van der Waals surface area (Å²) < 4.78 is 9.94. The molecule has 0 aliphatic rings. The Hall–Kier alpha value is -1.30. The lowest BCUT2D eigenvalue weighted by Gasteiger charge is -2.13. The van der Waals surface area contributed by atoms with Gasteiger partial charge in [-0.15, -0.1) is 0 Å². The molecule has 1 unspecified atom stereocenters. The Kier molecular flexibility index (Phi) is 3.51. The number of aromatic nitrogens is 2. The van der Waals surface area contributed by atoms with Crippen LogP contribution in [0.2, 0.25) is 0 Å². The van der Waals surface area contributed by atoms with Crippen LogP contribution in [0.1, 0.15) is 13.3 Å². The van der Waals surface area contributed by atoms with Crippen molar-refractivity contribution in [3.63, 3.8) is 0 Å². The van der Waals surface area contributed by atoms with Crippen LogP contribution in [0, 0.1) is 0 Å². The Balaban J connectivity index is 2.46. The normalized spacial score (nSPS) is 12.8. The van der Waals surface area contributed by atoms with Crippen molar-refractivity contribution in [2.24, 2.45) is 0 Å². The maximum atomic E-state index is 5.26. The second-order valence-electron chi connectivity index (χ2n) is 2.65. The number of nitrogens with one attached hydrogen (secondary N) is 1. The maximum Gasteiger partial charge on any atom is 0.317 e. The Bertz CT molecular complexity index is 250. The summed E-state index contributed by atoms with van der Waals surface area (Å²) in [7, 11) is 1.65. The van der Waals surface area contributed by atoms with E-state index >= 15 is 0 Å². The van der Waals surface area contributed by atoms with Crippen molar-refractivity contribution in [3.8, 4) is 0 Å². The molecule has 0 aromatic carbocycles. The predicted molar refractivity (Wildman–Crippen MR) is 48.3 cm³/mol. The van der Waals surface area contributed by atoms with E-state index in [1.54, 1.807) is 7.11 Å². The second-order valence-corrected chi connectivity index (χ2v) is 2.65. The third-order valence-corrected chi connectivity index (χ3v) is 1.63. The lowest BCUT2D eigenvalue weighted by Crippen LogP contribution is -2.23. The van der Waals surface area contributed by atoms with Gasteiger partial charge in [0.1, 0.15) is 0 Å². The molecule has 0 bridgehead atoms. The number of methoxy groups -OCH3 is 1. The van der Waals surface area contributed by atoms with Gasteiger partial charge in [0, 0.05) is 7.11 Å². The van der Waals surface area contributed by atoms with Gasteiger partial charge < -0.3 is 20.2 Å². The first-order valence-electron chi connectivity index (χ1n) is 4.10. The molecule has 0 saturated carbocycles. The van der Waals surface area contributed by atoms with Gasteiger partial charge >= 0.3 is 12.0 Å². The molecule has 1 atom stereocenters. The van der Waals surface area contributed by atoms with Crippen LogP contribution in [0.4, 0.5) is 12.0 Å². The summed E-state index contributed by atoms with van der Waals surface area (Å²) in [6.07, 6.45) is 0.913. The Morgan fingerprint density at radius 3 is 2.85 bits per heavy atom. The summed E-state index contributed by atoms with van der Waals surface area (Å²) in [5.74, 6) is 0. The summed E-state index contributed by atoms with van der Waals surface area (Å²) in [6.45, 7) is 2.63. The molecule has 74 valence electrons. The summed E-state index contributed by atoms with van der Waals surface area (Å²) in [6, 6.07) is 0.570. The Labute approximate surface area is 76.5 Å². The molecule has 13 heavy (non-hydrogen) atoms. The van der Waals surface area contributed by atoms with E-state index in [0.717, 1.165) is 6.42 Å².